The van der Waals surface area contributed by atoms with Crippen molar-refractivity contribution in [2.45, 2.75) is 39.8 Å². The van der Waals surface area contributed by atoms with Crippen molar-refractivity contribution >= 4 is 27.9 Å². The van der Waals surface area contributed by atoms with Gasteiger partial charge in [-0.05, 0) is 52.0 Å². The molecule has 0 spiro atoms. The van der Waals surface area contributed by atoms with E-state index in [1.807, 2.05) is 27.7 Å². The molecule has 104 valence electrons. The molecule has 0 aromatic heterocycles. The Balaban J connectivity index is 2.91. The van der Waals surface area contributed by atoms with Crippen molar-refractivity contribution < 1.29 is 9.18 Å². The molecule has 0 saturated heterocycles. The maximum absolute atomic E-state index is 13.5. The van der Waals surface area contributed by atoms with Crippen molar-refractivity contribution in [1.29, 1.82) is 0 Å². The first-order valence-electron chi connectivity index (χ1n) is 6.28. The number of amides is 1. The van der Waals surface area contributed by atoms with Gasteiger partial charge in [-0.15, -0.1) is 0 Å². The fourth-order valence-corrected chi connectivity index (χ4v) is 2.37. The molecule has 0 unspecified atom stereocenters. The molecule has 0 aliphatic carbocycles. The van der Waals surface area contributed by atoms with Crippen LogP contribution in [-0.2, 0) is 4.79 Å². The number of carbonyl (C=O) groups is 1. The summed E-state index contributed by atoms with van der Waals surface area (Å²) < 4.78 is 14.3. The van der Waals surface area contributed by atoms with Gasteiger partial charge in [-0.2, -0.15) is 0 Å². The SMILES string of the molecule is CC(C)N(C(=O)/C=C/c1cc(Br)ccc1F)C(C)C. The molecule has 0 aliphatic heterocycles. The number of hydrogen-bond donors (Lipinski definition) is 0. The van der Waals surface area contributed by atoms with Crippen LogP contribution >= 0.6 is 15.9 Å². The molecule has 0 atom stereocenters. The lowest BCUT2D eigenvalue weighted by molar-refractivity contribution is -0.129. The summed E-state index contributed by atoms with van der Waals surface area (Å²) in [6.45, 7) is 7.85. The highest BCUT2D eigenvalue weighted by molar-refractivity contribution is 9.10. The van der Waals surface area contributed by atoms with Crippen LogP contribution in [0.3, 0.4) is 0 Å². The van der Waals surface area contributed by atoms with E-state index in [9.17, 15) is 9.18 Å². The first kappa shape index (κ1) is 15.9. The average Bonchev–Trinajstić information content (AvgIpc) is 2.29. The minimum atomic E-state index is -0.340. The molecule has 1 rings (SSSR count). The Bertz CT molecular complexity index is 475. The Morgan fingerprint density at radius 2 is 1.84 bits per heavy atom. The van der Waals surface area contributed by atoms with Crippen LogP contribution in [0.15, 0.2) is 28.7 Å². The predicted molar refractivity (Wildman–Crippen MR) is 80.3 cm³/mol. The first-order chi connectivity index (χ1) is 8.82. The quantitative estimate of drug-likeness (QED) is 0.757. The molecule has 0 saturated carbocycles. The van der Waals surface area contributed by atoms with Gasteiger partial charge in [-0.1, -0.05) is 15.9 Å². The van der Waals surface area contributed by atoms with E-state index in [2.05, 4.69) is 15.9 Å². The summed E-state index contributed by atoms with van der Waals surface area (Å²) >= 11 is 3.28. The molecule has 1 aromatic rings. The van der Waals surface area contributed by atoms with Crippen LogP contribution in [0.1, 0.15) is 33.3 Å². The van der Waals surface area contributed by atoms with E-state index in [0.29, 0.717) is 5.56 Å². The minimum Gasteiger partial charge on any atom is -0.334 e. The molecule has 0 radical (unpaired) electrons. The van der Waals surface area contributed by atoms with E-state index in [-0.39, 0.29) is 23.8 Å². The van der Waals surface area contributed by atoms with Gasteiger partial charge in [0.25, 0.3) is 0 Å². The minimum absolute atomic E-state index is 0.107. The van der Waals surface area contributed by atoms with Gasteiger partial charge in [0.1, 0.15) is 5.82 Å². The molecular formula is C15H19BrFNO. The van der Waals surface area contributed by atoms with Crippen LogP contribution in [0.2, 0.25) is 0 Å². The standard InChI is InChI=1S/C15H19BrFNO/c1-10(2)18(11(3)4)15(19)8-5-12-9-13(16)6-7-14(12)17/h5-11H,1-4H3/b8-5+. The molecule has 0 fully saturated rings. The van der Waals surface area contributed by atoms with Crippen molar-refractivity contribution in [3.8, 4) is 0 Å². The third kappa shape index (κ3) is 4.46. The lowest BCUT2D eigenvalue weighted by atomic mass is 10.1. The van der Waals surface area contributed by atoms with Crippen LogP contribution in [0, 0.1) is 5.82 Å². The molecular weight excluding hydrogens is 309 g/mol. The van der Waals surface area contributed by atoms with Crippen LogP contribution in [0.4, 0.5) is 4.39 Å². The van der Waals surface area contributed by atoms with Gasteiger partial charge in [0.15, 0.2) is 0 Å². The smallest absolute Gasteiger partial charge is 0.247 e. The van der Waals surface area contributed by atoms with Crippen LogP contribution in [-0.4, -0.2) is 22.9 Å². The third-order valence-electron chi connectivity index (χ3n) is 2.73. The molecule has 0 heterocycles. The summed E-state index contributed by atoms with van der Waals surface area (Å²) in [5.41, 5.74) is 0.398. The van der Waals surface area contributed by atoms with Gasteiger partial charge >= 0.3 is 0 Å². The maximum atomic E-state index is 13.5. The molecule has 4 heteroatoms. The van der Waals surface area contributed by atoms with Gasteiger partial charge < -0.3 is 4.90 Å². The summed E-state index contributed by atoms with van der Waals surface area (Å²) in [7, 11) is 0. The summed E-state index contributed by atoms with van der Waals surface area (Å²) in [5.74, 6) is -0.447. The second-order valence-corrected chi connectivity index (χ2v) is 5.85. The molecule has 1 amide bonds. The Morgan fingerprint density at radius 1 is 1.26 bits per heavy atom. The summed E-state index contributed by atoms with van der Waals surface area (Å²) in [4.78, 5) is 13.9. The molecule has 0 aliphatic rings. The zero-order valence-corrected chi connectivity index (χ0v) is 13.2. The number of carbonyl (C=O) groups excluding carboxylic acids is 1. The Morgan fingerprint density at radius 3 is 2.37 bits per heavy atom. The fraction of sp³-hybridized carbons (Fsp3) is 0.400. The summed E-state index contributed by atoms with van der Waals surface area (Å²) in [6.07, 6.45) is 2.94. The molecule has 0 bridgehead atoms. The van der Waals surface area contributed by atoms with E-state index < -0.39 is 0 Å². The van der Waals surface area contributed by atoms with Gasteiger partial charge in [0, 0.05) is 28.2 Å². The normalized spacial score (nSPS) is 11.6. The lowest BCUT2D eigenvalue weighted by Crippen LogP contribution is -2.41. The highest BCUT2D eigenvalue weighted by atomic mass is 79.9. The van der Waals surface area contributed by atoms with Gasteiger partial charge in [-0.3, -0.25) is 4.79 Å². The topological polar surface area (TPSA) is 20.3 Å². The van der Waals surface area contributed by atoms with Crippen LogP contribution in [0.5, 0.6) is 0 Å². The first-order valence-corrected chi connectivity index (χ1v) is 7.07. The highest BCUT2D eigenvalue weighted by Crippen LogP contribution is 2.17. The van der Waals surface area contributed by atoms with E-state index in [4.69, 9.17) is 0 Å². The van der Waals surface area contributed by atoms with Crippen molar-refractivity contribution in [1.82, 2.24) is 4.90 Å². The van der Waals surface area contributed by atoms with Crippen molar-refractivity contribution in [3.63, 3.8) is 0 Å². The number of hydrogen-bond acceptors (Lipinski definition) is 1. The molecule has 19 heavy (non-hydrogen) atoms. The predicted octanol–water partition coefficient (Wildman–Crippen LogP) is 4.25. The second-order valence-electron chi connectivity index (χ2n) is 4.93. The van der Waals surface area contributed by atoms with Gasteiger partial charge in [-0.25, -0.2) is 4.39 Å². The highest BCUT2D eigenvalue weighted by Gasteiger charge is 2.17. The van der Waals surface area contributed by atoms with E-state index in [1.165, 1.54) is 18.2 Å². The zero-order chi connectivity index (χ0) is 14.6. The Labute approximate surface area is 122 Å². The average molecular weight is 328 g/mol. The van der Waals surface area contributed by atoms with E-state index in [1.54, 1.807) is 17.0 Å². The Kier molecular flexibility index (Phi) is 5.73. The number of nitrogens with zero attached hydrogens (tertiary/aromatic N) is 1. The van der Waals surface area contributed by atoms with Crippen molar-refractivity contribution in [2.75, 3.05) is 0 Å². The van der Waals surface area contributed by atoms with Gasteiger partial charge in [0.05, 0.1) is 0 Å². The third-order valence-corrected chi connectivity index (χ3v) is 3.22. The van der Waals surface area contributed by atoms with Crippen molar-refractivity contribution in [2.24, 2.45) is 0 Å². The molecule has 1 aromatic carbocycles. The number of halogens is 2. The molecule has 0 N–H and O–H groups in total. The van der Waals surface area contributed by atoms with E-state index >= 15 is 0 Å². The zero-order valence-electron chi connectivity index (χ0n) is 11.7. The second kappa shape index (κ2) is 6.85. The largest absolute Gasteiger partial charge is 0.334 e. The number of benzene rings is 1. The maximum Gasteiger partial charge on any atom is 0.247 e. The molecule has 2 nitrogen and oxygen atoms in total. The fourth-order valence-electron chi connectivity index (χ4n) is 1.99. The van der Waals surface area contributed by atoms with Gasteiger partial charge in [0.2, 0.25) is 5.91 Å². The van der Waals surface area contributed by atoms with Crippen LogP contribution < -0.4 is 0 Å². The van der Waals surface area contributed by atoms with Crippen LogP contribution in [0.25, 0.3) is 6.08 Å². The van der Waals surface area contributed by atoms with Crippen molar-refractivity contribution in [3.05, 3.63) is 40.1 Å². The summed E-state index contributed by atoms with van der Waals surface area (Å²) in [6, 6.07) is 4.88. The monoisotopic (exact) mass is 327 g/mol. The lowest BCUT2D eigenvalue weighted by Gasteiger charge is -2.29. The Hall–Kier alpha value is -1.16. The summed E-state index contributed by atoms with van der Waals surface area (Å²) in [5, 5.41) is 0. The van der Waals surface area contributed by atoms with E-state index in [0.717, 1.165) is 4.47 Å². The number of rotatable bonds is 4.